The second kappa shape index (κ2) is 17.0. The summed E-state index contributed by atoms with van der Waals surface area (Å²) >= 11 is 0. The van der Waals surface area contributed by atoms with E-state index in [2.05, 4.69) is 11.5 Å². The molecule has 0 aliphatic heterocycles. The van der Waals surface area contributed by atoms with Gasteiger partial charge in [-0.3, -0.25) is 0 Å². The predicted molar refractivity (Wildman–Crippen MR) is 25.3 cm³/mol. The summed E-state index contributed by atoms with van der Waals surface area (Å²) in [5.41, 5.74) is 5.53. The van der Waals surface area contributed by atoms with Gasteiger partial charge in [-0.2, -0.15) is 0 Å². The summed E-state index contributed by atoms with van der Waals surface area (Å²) in [5.74, 6) is 0. The van der Waals surface area contributed by atoms with Crippen molar-refractivity contribution in [3.8, 4) is 0 Å². The van der Waals surface area contributed by atoms with Crippen LogP contribution in [-0.4, -0.2) is 0 Å². The molecule has 0 aromatic rings. The smallest absolute Gasteiger partial charge is 0 e. The number of allylic oxidation sites excluding steroid dienone is 4. The van der Waals surface area contributed by atoms with Crippen molar-refractivity contribution in [1.82, 2.24) is 0 Å². The molecular weight excluding hydrogens is 457 g/mol. The Labute approximate surface area is 121 Å². The first-order valence-electron chi connectivity index (χ1n) is 1.83. The van der Waals surface area contributed by atoms with Gasteiger partial charge in [0.1, 0.15) is 0 Å². The maximum absolute atomic E-state index is 2.77. The van der Waals surface area contributed by atoms with E-state index >= 15 is 0 Å². The van der Waals surface area contributed by atoms with Crippen molar-refractivity contribution >= 4 is 0 Å². The van der Waals surface area contributed by atoms with Crippen LogP contribution in [0.5, 0.6) is 0 Å². The van der Waals surface area contributed by atoms with Crippen LogP contribution in [0.2, 0.25) is 0 Å². The van der Waals surface area contributed by atoms with E-state index in [0.29, 0.717) is 0 Å². The quantitative estimate of drug-likeness (QED) is 0.194. The fraction of sp³-hybridized carbons (Fsp3) is 0. The van der Waals surface area contributed by atoms with Gasteiger partial charge < -0.3 is 48.0 Å². The molecule has 0 heterocycles. The van der Waals surface area contributed by atoms with E-state index < -0.39 is 0 Å². The van der Waals surface area contributed by atoms with Crippen LogP contribution in [0.3, 0.4) is 0 Å². The Balaban J connectivity index is -0.0000000450. The summed E-state index contributed by atoms with van der Waals surface area (Å²) in [7, 11) is 0. The van der Waals surface area contributed by atoms with Crippen LogP contribution >= 0.6 is 0 Å². The Morgan fingerprint density at radius 1 is 0.700 bits per heavy atom. The van der Waals surface area contributed by atoms with Gasteiger partial charge in [-0.15, -0.1) is 0 Å². The van der Waals surface area contributed by atoms with Gasteiger partial charge in [0.15, 0.2) is 0 Å². The molecule has 1 aliphatic rings. The van der Waals surface area contributed by atoms with E-state index in [4.69, 9.17) is 0 Å². The van der Waals surface area contributed by atoms with Crippen LogP contribution in [0.15, 0.2) is 35.8 Å². The SMILES string of the molecule is C1=C=CC=CC=1.[I-].[I-].[Zn].[Zn]. The van der Waals surface area contributed by atoms with Crippen LogP contribution in [0, 0.1) is 0 Å². The number of hydrogen-bond donors (Lipinski definition) is 0. The van der Waals surface area contributed by atoms with Crippen molar-refractivity contribution in [2.24, 2.45) is 0 Å². The van der Waals surface area contributed by atoms with Crippen LogP contribution in [0.4, 0.5) is 0 Å². The van der Waals surface area contributed by atoms with Crippen molar-refractivity contribution < 1.29 is 86.9 Å². The Kier molecular flexibility index (Phi) is 38.5. The minimum Gasteiger partial charge on any atom is -1.00 e. The van der Waals surface area contributed by atoms with Crippen molar-refractivity contribution in [2.45, 2.75) is 0 Å². The topological polar surface area (TPSA) is 0 Å². The van der Waals surface area contributed by atoms with E-state index in [9.17, 15) is 0 Å². The number of rotatable bonds is 0. The average molecular weight is 461 g/mol. The van der Waals surface area contributed by atoms with Gasteiger partial charge in [0.2, 0.25) is 0 Å². The van der Waals surface area contributed by atoms with Gasteiger partial charge in [-0.05, 0) is 12.2 Å². The fourth-order valence-electron chi connectivity index (χ4n) is 0.304. The van der Waals surface area contributed by atoms with Gasteiger partial charge in [-0.25, -0.2) is 0 Å². The van der Waals surface area contributed by atoms with Gasteiger partial charge in [0, 0.05) is 39.0 Å². The second-order valence-electron chi connectivity index (χ2n) is 1.01. The minimum atomic E-state index is 0. The molecule has 0 amide bonds. The molecule has 0 saturated heterocycles. The molecule has 1 aliphatic carbocycles. The van der Waals surface area contributed by atoms with Crippen molar-refractivity contribution in [1.29, 1.82) is 0 Å². The van der Waals surface area contributed by atoms with Crippen LogP contribution < -0.4 is 48.0 Å². The molecule has 1 rings (SSSR count). The Morgan fingerprint density at radius 3 is 1.10 bits per heavy atom. The van der Waals surface area contributed by atoms with Crippen LogP contribution in [0.1, 0.15) is 0 Å². The van der Waals surface area contributed by atoms with E-state index in [-0.39, 0.29) is 86.9 Å². The molecule has 4 heteroatoms. The Hall–Kier alpha value is 1.75. The average Bonchev–Trinajstić information content (AvgIpc) is 1.72. The summed E-state index contributed by atoms with van der Waals surface area (Å²) in [4.78, 5) is 0. The van der Waals surface area contributed by atoms with Gasteiger partial charge in [0.05, 0.1) is 0 Å². The van der Waals surface area contributed by atoms with Gasteiger partial charge >= 0.3 is 0 Å². The summed E-state index contributed by atoms with van der Waals surface area (Å²) in [6.07, 6.45) is 7.47. The first-order valence-corrected chi connectivity index (χ1v) is 1.83. The zero-order chi connectivity index (χ0) is 4.24. The molecule has 0 nitrogen and oxygen atoms in total. The molecule has 0 N–H and O–H groups in total. The normalized spacial score (nSPS) is 8.00. The third-order valence-electron chi connectivity index (χ3n) is 0.554. The first kappa shape index (κ1) is 22.6. The molecule has 0 fully saturated rings. The van der Waals surface area contributed by atoms with Gasteiger partial charge in [-0.1, -0.05) is 23.6 Å². The zero-order valence-electron chi connectivity index (χ0n) is 5.48. The standard InChI is InChI=1S/C6H4.2HI.2Zn/c1-2-4-6-5-3-1;;;;/h1-4H;2*1H;;/p-2. The maximum atomic E-state index is 2.77. The molecule has 0 aromatic heterocycles. The van der Waals surface area contributed by atoms with E-state index in [1.54, 1.807) is 0 Å². The van der Waals surface area contributed by atoms with E-state index in [1.165, 1.54) is 0 Å². The molecule has 0 spiro atoms. The van der Waals surface area contributed by atoms with Crippen molar-refractivity contribution in [3.63, 3.8) is 0 Å². The monoisotopic (exact) mass is 458 g/mol. The molecule has 10 heavy (non-hydrogen) atoms. The van der Waals surface area contributed by atoms with Crippen molar-refractivity contribution in [3.05, 3.63) is 35.8 Å². The largest absolute Gasteiger partial charge is 1.00 e. The number of hydrogen-bond acceptors (Lipinski definition) is 0. The molecule has 0 aromatic carbocycles. The molecule has 0 saturated carbocycles. The summed E-state index contributed by atoms with van der Waals surface area (Å²) < 4.78 is 0. The Morgan fingerprint density at radius 2 is 1.00 bits per heavy atom. The maximum Gasteiger partial charge on any atom is 0 e. The summed E-state index contributed by atoms with van der Waals surface area (Å²) in [6, 6.07) is 0. The minimum absolute atomic E-state index is 0. The summed E-state index contributed by atoms with van der Waals surface area (Å²) in [6.45, 7) is 0. The predicted octanol–water partition coefficient (Wildman–Crippen LogP) is -4.57. The van der Waals surface area contributed by atoms with E-state index in [0.717, 1.165) is 0 Å². The van der Waals surface area contributed by atoms with E-state index in [1.807, 2.05) is 24.3 Å². The molecule has 0 unspecified atom stereocenters. The summed E-state index contributed by atoms with van der Waals surface area (Å²) in [5, 5.41) is 0. The van der Waals surface area contributed by atoms with Gasteiger partial charge in [0.25, 0.3) is 0 Å². The zero-order valence-corrected chi connectivity index (χ0v) is 15.7. The second-order valence-corrected chi connectivity index (χ2v) is 1.01. The third kappa shape index (κ3) is 12.4. The number of halogens is 2. The fourth-order valence-corrected chi connectivity index (χ4v) is 0.304. The molecule has 0 bridgehead atoms. The van der Waals surface area contributed by atoms with Crippen LogP contribution in [-0.2, 0) is 39.0 Å². The Bertz CT molecular complexity index is 145. The molecule has 0 radical (unpaired) electrons. The third-order valence-corrected chi connectivity index (χ3v) is 0.554. The molecule has 0 atom stereocenters. The molecular formula is C6H4I2Zn2-2. The van der Waals surface area contributed by atoms with Crippen molar-refractivity contribution in [2.75, 3.05) is 0 Å². The van der Waals surface area contributed by atoms with Crippen LogP contribution in [0.25, 0.3) is 0 Å². The first-order chi connectivity index (χ1) is 3.00. The molecule has 48 valence electrons.